The molecule has 3 aromatic rings. The van der Waals surface area contributed by atoms with Gasteiger partial charge in [0.05, 0.1) is 0 Å². The van der Waals surface area contributed by atoms with Gasteiger partial charge in [-0.25, -0.2) is 0 Å². The molecule has 0 atom stereocenters. The van der Waals surface area contributed by atoms with Gasteiger partial charge in [-0.2, -0.15) is 12.6 Å². The summed E-state index contributed by atoms with van der Waals surface area (Å²) in [4.78, 5) is 0. The molecule has 0 unspecified atom stereocenters. The number of hydrogen-bond donors (Lipinski definition) is 1. The predicted octanol–water partition coefficient (Wildman–Crippen LogP) is 4.42. The molecule has 0 saturated carbocycles. The molecule has 0 aliphatic heterocycles. The summed E-state index contributed by atoms with van der Waals surface area (Å²) in [6.45, 7) is 0. The summed E-state index contributed by atoms with van der Waals surface area (Å²) in [5, 5.41) is 5.19. The molecule has 1 heteroatoms. The molecule has 78 valence electrons. The van der Waals surface area contributed by atoms with Gasteiger partial charge in [-0.05, 0) is 39.2 Å². The van der Waals surface area contributed by atoms with Crippen LogP contribution < -0.4 is 0 Å². The van der Waals surface area contributed by atoms with E-state index in [2.05, 4.69) is 67.2 Å². The van der Waals surface area contributed by atoms with Gasteiger partial charge in [0.15, 0.2) is 0 Å². The average Bonchev–Trinajstić information content (AvgIpc) is 2.35. The Morgan fingerprint density at radius 1 is 0.688 bits per heavy atom. The average molecular weight is 224 g/mol. The Labute approximate surface area is 100 Å². The lowest BCUT2D eigenvalue weighted by Gasteiger charge is -2.04. The lowest BCUT2D eigenvalue weighted by Crippen LogP contribution is -1.80. The summed E-state index contributed by atoms with van der Waals surface area (Å²) in [5.41, 5.74) is 1.27. The van der Waals surface area contributed by atoms with Crippen molar-refractivity contribution in [1.29, 1.82) is 0 Å². The van der Waals surface area contributed by atoms with E-state index in [4.69, 9.17) is 0 Å². The van der Waals surface area contributed by atoms with Crippen LogP contribution in [0.2, 0.25) is 0 Å². The molecule has 16 heavy (non-hydrogen) atoms. The topological polar surface area (TPSA) is 0 Å². The maximum atomic E-state index is 4.31. The van der Waals surface area contributed by atoms with E-state index < -0.39 is 0 Å². The smallest absolute Gasteiger partial charge is 0.0154 e. The molecule has 0 N–H and O–H groups in total. The summed E-state index contributed by atoms with van der Waals surface area (Å²) in [7, 11) is 0. The van der Waals surface area contributed by atoms with E-state index in [9.17, 15) is 0 Å². The Balaban J connectivity index is 2.37. The van der Waals surface area contributed by atoms with Crippen LogP contribution in [-0.4, -0.2) is 0 Å². The van der Waals surface area contributed by atoms with Crippen LogP contribution in [-0.2, 0) is 5.75 Å². The zero-order chi connectivity index (χ0) is 11.0. The van der Waals surface area contributed by atoms with Crippen molar-refractivity contribution in [2.24, 2.45) is 0 Å². The van der Waals surface area contributed by atoms with Crippen LogP contribution in [0.25, 0.3) is 21.5 Å². The summed E-state index contributed by atoms with van der Waals surface area (Å²) >= 11 is 4.31. The van der Waals surface area contributed by atoms with Gasteiger partial charge in [-0.3, -0.25) is 0 Å². The molecule has 3 aromatic carbocycles. The second kappa shape index (κ2) is 3.84. The highest BCUT2D eigenvalue weighted by Crippen LogP contribution is 2.24. The molecule has 0 bridgehead atoms. The molecule has 0 radical (unpaired) electrons. The van der Waals surface area contributed by atoms with Crippen molar-refractivity contribution >= 4 is 34.2 Å². The van der Waals surface area contributed by atoms with Gasteiger partial charge in [0.25, 0.3) is 0 Å². The van der Waals surface area contributed by atoms with Gasteiger partial charge >= 0.3 is 0 Å². The van der Waals surface area contributed by atoms with Crippen LogP contribution in [0.3, 0.4) is 0 Å². The van der Waals surface area contributed by atoms with Crippen LogP contribution in [0, 0.1) is 0 Å². The largest absolute Gasteiger partial charge is 0.175 e. The van der Waals surface area contributed by atoms with Crippen molar-refractivity contribution in [2.75, 3.05) is 0 Å². The Bertz CT molecular complexity index is 656. The van der Waals surface area contributed by atoms with Crippen LogP contribution in [0.5, 0.6) is 0 Å². The molecule has 0 aliphatic carbocycles. The highest BCUT2D eigenvalue weighted by Gasteiger charge is 1.98. The van der Waals surface area contributed by atoms with Crippen molar-refractivity contribution in [1.82, 2.24) is 0 Å². The minimum Gasteiger partial charge on any atom is -0.175 e. The van der Waals surface area contributed by atoms with Crippen LogP contribution in [0.1, 0.15) is 5.56 Å². The van der Waals surface area contributed by atoms with Gasteiger partial charge in [-0.15, -0.1) is 0 Å². The van der Waals surface area contributed by atoms with Gasteiger partial charge < -0.3 is 0 Å². The summed E-state index contributed by atoms with van der Waals surface area (Å²) < 4.78 is 0. The van der Waals surface area contributed by atoms with E-state index in [0.717, 1.165) is 5.75 Å². The first-order chi connectivity index (χ1) is 7.86. The third-order valence-corrected chi connectivity index (χ3v) is 3.32. The number of fused-ring (bicyclic) bond motifs is 2. The van der Waals surface area contributed by atoms with Crippen molar-refractivity contribution in [3.05, 3.63) is 60.2 Å². The zero-order valence-electron chi connectivity index (χ0n) is 8.85. The first kappa shape index (κ1) is 9.73. The van der Waals surface area contributed by atoms with Crippen LogP contribution in [0.15, 0.2) is 54.6 Å². The van der Waals surface area contributed by atoms with Crippen molar-refractivity contribution in [2.45, 2.75) is 5.75 Å². The second-order valence-electron chi connectivity index (χ2n) is 4.04. The van der Waals surface area contributed by atoms with E-state index in [-0.39, 0.29) is 0 Å². The van der Waals surface area contributed by atoms with Gasteiger partial charge in [0, 0.05) is 5.75 Å². The third kappa shape index (κ3) is 1.57. The Hall–Kier alpha value is -1.47. The summed E-state index contributed by atoms with van der Waals surface area (Å²) in [6, 6.07) is 19.5. The number of benzene rings is 3. The number of thiol groups is 1. The monoisotopic (exact) mass is 224 g/mol. The number of rotatable bonds is 1. The normalized spacial score (nSPS) is 11.1. The Morgan fingerprint density at radius 3 is 2.00 bits per heavy atom. The summed E-state index contributed by atoms with van der Waals surface area (Å²) in [5.74, 6) is 0.794. The van der Waals surface area contributed by atoms with E-state index in [1.807, 2.05) is 0 Å². The first-order valence-corrected chi connectivity index (χ1v) is 6.02. The van der Waals surface area contributed by atoms with Gasteiger partial charge in [0.2, 0.25) is 0 Å². The minimum absolute atomic E-state index is 0.794. The van der Waals surface area contributed by atoms with E-state index >= 15 is 0 Å². The standard InChI is InChI=1S/C15H12S/c16-10-11-5-6-14-8-12-3-1-2-4-13(12)9-15(14)7-11/h1-9,16H,10H2. The molecule has 0 saturated heterocycles. The quantitative estimate of drug-likeness (QED) is 0.459. The van der Waals surface area contributed by atoms with Crippen molar-refractivity contribution in [3.8, 4) is 0 Å². The fourth-order valence-corrected chi connectivity index (χ4v) is 2.28. The molecule has 0 aliphatic rings. The zero-order valence-corrected chi connectivity index (χ0v) is 9.74. The van der Waals surface area contributed by atoms with E-state index in [1.54, 1.807) is 0 Å². The predicted molar refractivity (Wildman–Crippen MR) is 74.1 cm³/mol. The minimum atomic E-state index is 0.794. The number of hydrogen-bond acceptors (Lipinski definition) is 1. The van der Waals surface area contributed by atoms with Gasteiger partial charge in [0.1, 0.15) is 0 Å². The first-order valence-electron chi connectivity index (χ1n) is 5.39. The van der Waals surface area contributed by atoms with Crippen molar-refractivity contribution < 1.29 is 0 Å². The van der Waals surface area contributed by atoms with E-state index in [1.165, 1.54) is 27.1 Å². The fraction of sp³-hybridized carbons (Fsp3) is 0.0667. The third-order valence-electron chi connectivity index (χ3n) is 2.95. The van der Waals surface area contributed by atoms with Crippen molar-refractivity contribution in [3.63, 3.8) is 0 Å². The molecule has 3 rings (SSSR count). The lowest BCUT2D eigenvalue weighted by atomic mass is 10.0. The van der Waals surface area contributed by atoms with Crippen LogP contribution >= 0.6 is 12.6 Å². The molecule has 0 heterocycles. The molecule has 0 fully saturated rings. The maximum Gasteiger partial charge on any atom is 0.0154 e. The van der Waals surface area contributed by atoms with Crippen LogP contribution in [0.4, 0.5) is 0 Å². The van der Waals surface area contributed by atoms with Gasteiger partial charge in [-0.1, -0.05) is 42.5 Å². The highest BCUT2D eigenvalue weighted by molar-refractivity contribution is 7.79. The Morgan fingerprint density at radius 2 is 1.31 bits per heavy atom. The lowest BCUT2D eigenvalue weighted by molar-refractivity contribution is 1.46. The molecule has 0 nitrogen and oxygen atoms in total. The second-order valence-corrected chi connectivity index (χ2v) is 4.36. The molecule has 0 amide bonds. The molecule has 0 spiro atoms. The Kier molecular flexibility index (Phi) is 2.33. The maximum absolute atomic E-state index is 4.31. The highest BCUT2D eigenvalue weighted by atomic mass is 32.1. The SMILES string of the molecule is SCc1ccc2cc3ccccc3cc2c1. The fourth-order valence-electron chi connectivity index (χ4n) is 2.09. The van der Waals surface area contributed by atoms with E-state index in [0.29, 0.717) is 0 Å². The molecule has 0 aromatic heterocycles. The molecular formula is C15H12S. The summed E-state index contributed by atoms with van der Waals surface area (Å²) in [6.07, 6.45) is 0. The molecular weight excluding hydrogens is 212 g/mol.